The van der Waals surface area contributed by atoms with Crippen LogP contribution in [-0.2, 0) is 35.7 Å². The fourth-order valence-electron chi connectivity index (χ4n) is 7.05. The van der Waals surface area contributed by atoms with Gasteiger partial charge >= 0.3 is 6.36 Å². The minimum atomic E-state index is -4.83. The second kappa shape index (κ2) is 18.4. The average Bonchev–Trinajstić information content (AvgIpc) is 3.42. The van der Waals surface area contributed by atoms with Crippen LogP contribution in [0.15, 0.2) is 126 Å². The number of benzene rings is 5. The molecule has 0 saturated carbocycles. The lowest BCUT2D eigenvalue weighted by atomic mass is 10.0. The van der Waals surface area contributed by atoms with E-state index >= 15 is 0 Å². The van der Waals surface area contributed by atoms with Crippen molar-refractivity contribution in [1.82, 2.24) is 4.72 Å². The summed E-state index contributed by atoms with van der Waals surface area (Å²) in [6, 6.07) is 38.1. The van der Waals surface area contributed by atoms with Gasteiger partial charge in [-0.2, -0.15) is 0 Å². The van der Waals surface area contributed by atoms with E-state index in [4.69, 9.17) is 5.73 Å². The van der Waals surface area contributed by atoms with Gasteiger partial charge in [-0.1, -0.05) is 86.6 Å². The summed E-state index contributed by atoms with van der Waals surface area (Å²) in [5.41, 5.74) is 16.1. The van der Waals surface area contributed by atoms with Crippen molar-refractivity contribution in [2.75, 3.05) is 36.0 Å². The number of alkyl halides is 3. The predicted molar refractivity (Wildman–Crippen MR) is 218 cm³/mol. The van der Waals surface area contributed by atoms with Crippen LogP contribution in [0.1, 0.15) is 36.1 Å². The van der Waals surface area contributed by atoms with E-state index in [1.54, 1.807) is 0 Å². The summed E-state index contributed by atoms with van der Waals surface area (Å²) in [5, 5.41) is 0. The molecule has 2 aliphatic rings. The number of rotatable bonds is 10. The Labute approximate surface area is 328 Å². The molecule has 5 aromatic carbocycles. The Kier molecular flexibility index (Phi) is 13.9. The minimum absolute atomic E-state index is 0. The number of nitrogens with two attached hydrogens (primary N) is 1. The third-order valence-corrected chi connectivity index (χ3v) is 11.3. The topological polar surface area (TPSA) is 87.9 Å². The fraction of sp³-hybridized carbons (Fsp3) is 0.302. The van der Waals surface area contributed by atoms with E-state index in [9.17, 15) is 21.6 Å². The van der Waals surface area contributed by atoms with Gasteiger partial charge in [-0.3, -0.25) is 0 Å². The maximum atomic E-state index is 12.7. The number of fused-ring (bicyclic) bond motifs is 4. The molecule has 0 aliphatic carbocycles. The van der Waals surface area contributed by atoms with Crippen LogP contribution in [-0.4, -0.2) is 41.0 Å². The number of hydrogen-bond acceptors (Lipinski definition) is 6. The van der Waals surface area contributed by atoms with E-state index in [1.165, 1.54) is 33.6 Å². The number of sulfonamides is 1. The van der Waals surface area contributed by atoms with Gasteiger partial charge in [0, 0.05) is 42.4 Å². The van der Waals surface area contributed by atoms with E-state index in [0.717, 1.165) is 74.4 Å². The van der Waals surface area contributed by atoms with Gasteiger partial charge in [0.2, 0.25) is 10.0 Å². The molecule has 2 unspecified atom stereocenters. The van der Waals surface area contributed by atoms with Crippen LogP contribution >= 0.6 is 12.4 Å². The molecule has 0 saturated heterocycles. The lowest BCUT2D eigenvalue weighted by Crippen LogP contribution is -2.34. The van der Waals surface area contributed by atoms with Crippen molar-refractivity contribution in [2.45, 2.75) is 50.8 Å². The molecule has 2 aliphatic heterocycles. The Hall–Kier alpha value is -4.55. The maximum absolute atomic E-state index is 12.7. The number of halogens is 4. The number of ether oxygens (including phenoxy) is 1. The maximum Gasteiger partial charge on any atom is 0.573 e. The zero-order chi connectivity index (χ0) is 38.3. The zero-order valence-corrected chi connectivity index (χ0v) is 32.6. The molecule has 55 heavy (non-hydrogen) atoms. The first kappa shape index (κ1) is 41.6. The first-order valence-corrected chi connectivity index (χ1v) is 19.8. The van der Waals surface area contributed by atoms with E-state index in [0.29, 0.717) is 12.5 Å². The van der Waals surface area contributed by atoms with E-state index in [2.05, 4.69) is 99.0 Å². The summed E-state index contributed by atoms with van der Waals surface area (Å²) in [6.07, 6.45) is -0.752. The molecule has 292 valence electrons. The molecule has 0 bridgehead atoms. The van der Waals surface area contributed by atoms with Gasteiger partial charge < -0.3 is 20.3 Å². The predicted octanol–water partition coefficient (Wildman–Crippen LogP) is 9.38. The van der Waals surface area contributed by atoms with Crippen LogP contribution < -0.4 is 25.0 Å². The van der Waals surface area contributed by atoms with Crippen LogP contribution in [0.3, 0.4) is 0 Å². The van der Waals surface area contributed by atoms with Crippen molar-refractivity contribution in [3.05, 3.63) is 144 Å². The Balaban J connectivity index is 0.000000235. The van der Waals surface area contributed by atoms with Crippen LogP contribution in [0.4, 0.5) is 35.9 Å². The molecule has 0 aromatic heterocycles. The molecular weight excluding hydrogens is 745 g/mol. The lowest BCUT2D eigenvalue weighted by molar-refractivity contribution is -0.274. The highest BCUT2D eigenvalue weighted by Crippen LogP contribution is 2.38. The molecular formula is C43H48ClF3N4O3S. The normalized spacial score (nSPS) is 14.6. The Bertz CT molecular complexity index is 2040. The second-order valence-corrected chi connectivity index (χ2v) is 15.8. The smallest absolute Gasteiger partial charge is 0.406 e. The molecule has 0 amide bonds. The quantitative estimate of drug-likeness (QED) is 0.147. The largest absolute Gasteiger partial charge is 0.573 e. The molecule has 0 fully saturated rings. The first-order valence-electron chi connectivity index (χ1n) is 18.3. The third-order valence-electron chi connectivity index (χ3n) is 9.84. The Morgan fingerprint density at radius 2 is 1.00 bits per heavy atom. The SMILES string of the molecule is CC(CN)CN1c2ccccc2CCc2ccccc21.CC(CNS(=O)(=O)c1ccc(OC(F)(F)F)cc1)CN1c2ccccc2CCc2ccccc21.Cl. The van der Waals surface area contributed by atoms with Gasteiger partial charge in [0.25, 0.3) is 0 Å². The van der Waals surface area contributed by atoms with Crippen molar-refractivity contribution in [3.63, 3.8) is 0 Å². The molecule has 2 atom stereocenters. The van der Waals surface area contributed by atoms with Crippen LogP contribution in [0.25, 0.3) is 0 Å². The summed E-state index contributed by atoms with van der Waals surface area (Å²) in [7, 11) is -3.89. The highest BCUT2D eigenvalue weighted by atomic mass is 35.5. The number of para-hydroxylation sites is 4. The second-order valence-electron chi connectivity index (χ2n) is 14.1. The molecule has 0 radical (unpaired) electrons. The average molecular weight is 793 g/mol. The molecule has 7 nitrogen and oxygen atoms in total. The minimum Gasteiger partial charge on any atom is -0.406 e. The fourth-order valence-corrected chi connectivity index (χ4v) is 8.22. The summed E-state index contributed by atoms with van der Waals surface area (Å²) >= 11 is 0. The number of nitrogens with zero attached hydrogens (tertiary/aromatic N) is 2. The monoisotopic (exact) mass is 792 g/mol. The van der Waals surface area contributed by atoms with Crippen molar-refractivity contribution in [1.29, 1.82) is 0 Å². The highest BCUT2D eigenvalue weighted by molar-refractivity contribution is 7.89. The van der Waals surface area contributed by atoms with Gasteiger partial charge in [0.1, 0.15) is 5.75 Å². The Morgan fingerprint density at radius 3 is 1.36 bits per heavy atom. The number of hydrogen-bond donors (Lipinski definition) is 2. The number of nitrogens with one attached hydrogen (secondary N) is 1. The molecule has 7 rings (SSSR count). The highest BCUT2D eigenvalue weighted by Gasteiger charge is 2.31. The molecule has 5 aromatic rings. The third kappa shape index (κ3) is 10.6. The summed E-state index contributed by atoms with van der Waals surface area (Å²) in [6.45, 7) is 6.64. The first-order chi connectivity index (χ1) is 25.9. The van der Waals surface area contributed by atoms with Crippen LogP contribution in [0.5, 0.6) is 5.75 Å². The van der Waals surface area contributed by atoms with Gasteiger partial charge in [-0.25, -0.2) is 13.1 Å². The standard InChI is InChI=1S/C25H25F3N2O3S.C18H22N2.ClH/c1-18(16-29-34(31,32)22-14-12-21(13-15-22)33-25(26,27)28)17-30-23-8-4-2-6-19(23)10-11-20-7-3-5-9-24(20)30;1-14(12-19)13-20-17-8-4-2-6-15(17)10-11-16-7-3-5-9-18(16)20;/h2-9,12-15,18,29H,10-11,16-17H2,1H3;2-9,14H,10-13,19H2,1H3;1H. The van der Waals surface area contributed by atoms with E-state index < -0.39 is 22.1 Å². The van der Waals surface area contributed by atoms with Gasteiger partial charge in [-0.15, -0.1) is 25.6 Å². The van der Waals surface area contributed by atoms with Crippen LogP contribution in [0.2, 0.25) is 0 Å². The molecule has 2 heterocycles. The van der Waals surface area contributed by atoms with Gasteiger partial charge in [0.15, 0.2) is 0 Å². The Morgan fingerprint density at radius 1 is 0.636 bits per heavy atom. The zero-order valence-electron chi connectivity index (χ0n) is 31.0. The molecule has 0 spiro atoms. The molecule has 12 heteroatoms. The van der Waals surface area contributed by atoms with Gasteiger partial charge in [0.05, 0.1) is 4.90 Å². The number of aryl methyl sites for hydroxylation is 4. The van der Waals surface area contributed by atoms with Gasteiger partial charge in [-0.05, 0) is 115 Å². The molecule has 3 N–H and O–H groups in total. The van der Waals surface area contributed by atoms with Crippen LogP contribution in [0, 0.1) is 11.8 Å². The number of anilines is 4. The van der Waals surface area contributed by atoms with Crippen molar-refractivity contribution >= 4 is 45.2 Å². The summed E-state index contributed by atoms with van der Waals surface area (Å²) in [5.74, 6) is -0.0469. The summed E-state index contributed by atoms with van der Waals surface area (Å²) < 4.78 is 68.8. The summed E-state index contributed by atoms with van der Waals surface area (Å²) in [4.78, 5) is 4.56. The lowest BCUT2D eigenvalue weighted by Gasteiger charge is -2.29. The van der Waals surface area contributed by atoms with E-state index in [1.807, 2.05) is 31.2 Å². The van der Waals surface area contributed by atoms with Crippen molar-refractivity contribution in [2.24, 2.45) is 17.6 Å². The van der Waals surface area contributed by atoms with Crippen molar-refractivity contribution < 1.29 is 26.3 Å². The van der Waals surface area contributed by atoms with E-state index in [-0.39, 0.29) is 29.8 Å². The van der Waals surface area contributed by atoms with Crippen molar-refractivity contribution in [3.8, 4) is 5.75 Å².